The van der Waals surface area contributed by atoms with E-state index < -0.39 is 40.2 Å². The fraction of sp³-hybridized carbons (Fsp3) is 0.0800. The first-order chi connectivity index (χ1) is 17.5. The maximum atomic E-state index is 13.1. The second-order valence-corrected chi connectivity index (χ2v) is 8.35. The molecule has 0 aromatic heterocycles. The smallest absolute Gasteiger partial charge is 0.416 e. The fourth-order valence-electron chi connectivity index (χ4n) is 3.36. The molecule has 3 aromatic rings. The van der Waals surface area contributed by atoms with E-state index >= 15 is 0 Å². The zero-order chi connectivity index (χ0) is 26.9. The molecule has 1 N–H and O–H groups in total. The lowest BCUT2D eigenvalue weighted by Crippen LogP contribution is -2.32. The highest BCUT2D eigenvalue weighted by atomic mass is 35.5. The number of amides is 2. The van der Waals surface area contributed by atoms with Crippen molar-refractivity contribution in [1.29, 1.82) is 0 Å². The van der Waals surface area contributed by atoms with Crippen LogP contribution in [0.2, 0.25) is 5.02 Å². The van der Waals surface area contributed by atoms with Crippen molar-refractivity contribution in [3.05, 3.63) is 93.6 Å². The molecule has 0 unspecified atom stereocenters. The van der Waals surface area contributed by atoms with Crippen LogP contribution in [0.1, 0.15) is 15.9 Å². The molecule has 0 atom stereocenters. The average Bonchev–Trinajstić information content (AvgIpc) is 3.07. The van der Waals surface area contributed by atoms with Gasteiger partial charge in [-0.3, -0.25) is 9.59 Å². The highest BCUT2D eigenvalue weighted by Gasteiger charge is 2.41. The highest BCUT2D eigenvalue weighted by Crippen LogP contribution is 2.38. The van der Waals surface area contributed by atoms with Crippen molar-refractivity contribution >= 4 is 52.4 Å². The number of hydrogen-bond donors (Lipinski definition) is 1. The normalized spacial score (nSPS) is 13.7. The van der Waals surface area contributed by atoms with Crippen LogP contribution in [0, 0.1) is 0 Å². The van der Waals surface area contributed by atoms with Crippen molar-refractivity contribution in [1.82, 2.24) is 0 Å². The summed E-state index contributed by atoms with van der Waals surface area (Å²) in [7, 11) is 1.48. The summed E-state index contributed by atoms with van der Waals surface area (Å²) in [5, 5.41) is 1.88. The Kier molecular flexibility index (Phi) is 7.15. The van der Waals surface area contributed by atoms with Crippen LogP contribution in [0.4, 0.5) is 24.5 Å². The average molecular weight is 551 g/mol. The zero-order valence-electron chi connectivity index (χ0n) is 18.7. The van der Waals surface area contributed by atoms with Gasteiger partial charge in [-0.25, -0.2) is 9.69 Å². The topological polar surface area (TPSA) is 84.9 Å². The summed E-state index contributed by atoms with van der Waals surface area (Å²) in [5.74, 6) is -1.93. The number of rotatable bonds is 6. The van der Waals surface area contributed by atoms with Gasteiger partial charge in [0, 0.05) is 11.8 Å². The van der Waals surface area contributed by atoms with Gasteiger partial charge in [-0.15, -0.1) is 0 Å². The van der Waals surface area contributed by atoms with Crippen LogP contribution in [0.3, 0.4) is 0 Å². The van der Waals surface area contributed by atoms with Gasteiger partial charge < -0.3 is 14.8 Å². The first-order valence-corrected chi connectivity index (χ1v) is 11.1. The van der Waals surface area contributed by atoms with Crippen molar-refractivity contribution in [3.63, 3.8) is 0 Å². The van der Waals surface area contributed by atoms with Crippen LogP contribution < -0.4 is 19.7 Å². The van der Waals surface area contributed by atoms with E-state index in [-0.39, 0.29) is 27.7 Å². The second kappa shape index (κ2) is 10.2. The number of nitrogens with zero attached hydrogens (tertiary/aromatic N) is 1. The lowest BCUT2D eigenvalue weighted by Gasteiger charge is -2.18. The minimum absolute atomic E-state index is 0.180. The number of nitrogens with one attached hydrogen (secondary N) is 1. The molecule has 7 nitrogen and oxygen atoms in total. The van der Waals surface area contributed by atoms with E-state index in [0.717, 1.165) is 12.1 Å². The SMILES string of the molecule is COc1cccc(OC(=O)c2ccc(NC3=C(Cl)C(=O)N(c4cc(C(F)(F)F)ccc4Cl)C3=O)cc2)c1. The van der Waals surface area contributed by atoms with Crippen molar-refractivity contribution in [2.75, 3.05) is 17.3 Å². The molecular weight excluding hydrogens is 536 g/mol. The van der Waals surface area contributed by atoms with Crippen LogP contribution in [0.25, 0.3) is 0 Å². The largest absolute Gasteiger partial charge is 0.497 e. The Balaban J connectivity index is 1.51. The van der Waals surface area contributed by atoms with E-state index in [2.05, 4.69) is 5.32 Å². The maximum Gasteiger partial charge on any atom is 0.416 e. The Morgan fingerprint density at radius 2 is 1.59 bits per heavy atom. The second-order valence-electron chi connectivity index (χ2n) is 7.57. The van der Waals surface area contributed by atoms with Gasteiger partial charge in [0.1, 0.15) is 22.2 Å². The molecule has 0 radical (unpaired) electrons. The molecule has 12 heteroatoms. The van der Waals surface area contributed by atoms with Crippen molar-refractivity contribution < 1.29 is 37.0 Å². The number of methoxy groups -OCH3 is 1. The first kappa shape index (κ1) is 26.1. The van der Waals surface area contributed by atoms with Gasteiger partial charge in [0.15, 0.2) is 0 Å². The molecule has 0 saturated carbocycles. The van der Waals surface area contributed by atoms with Crippen LogP contribution in [-0.2, 0) is 15.8 Å². The van der Waals surface area contributed by atoms with E-state index in [9.17, 15) is 27.6 Å². The number of esters is 1. The van der Waals surface area contributed by atoms with Crippen molar-refractivity contribution in [3.8, 4) is 11.5 Å². The molecule has 4 rings (SSSR count). The molecule has 0 bridgehead atoms. The van der Waals surface area contributed by atoms with Crippen LogP contribution in [0.15, 0.2) is 77.5 Å². The summed E-state index contributed by atoms with van der Waals surface area (Å²) >= 11 is 12.0. The number of anilines is 2. The molecule has 0 aliphatic carbocycles. The molecule has 1 aliphatic rings. The third-order valence-electron chi connectivity index (χ3n) is 5.18. The first-order valence-electron chi connectivity index (χ1n) is 10.4. The van der Waals surface area contributed by atoms with Gasteiger partial charge in [0.2, 0.25) is 0 Å². The third kappa shape index (κ3) is 5.40. The molecule has 1 heterocycles. The maximum absolute atomic E-state index is 13.1. The lowest BCUT2D eigenvalue weighted by molar-refractivity contribution is -0.137. The predicted octanol–water partition coefficient (Wildman–Crippen LogP) is 6.02. The van der Waals surface area contributed by atoms with Gasteiger partial charge in [0.05, 0.1) is 28.9 Å². The number of carbonyl (C=O) groups excluding carboxylic acids is 3. The number of halogens is 5. The minimum atomic E-state index is -4.72. The summed E-state index contributed by atoms with van der Waals surface area (Å²) in [5.41, 5.74) is -1.48. The third-order valence-corrected chi connectivity index (χ3v) is 5.85. The van der Waals surface area contributed by atoms with Crippen LogP contribution >= 0.6 is 23.2 Å². The van der Waals surface area contributed by atoms with E-state index in [0.29, 0.717) is 16.7 Å². The van der Waals surface area contributed by atoms with E-state index in [1.807, 2.05) is 0 Å². The molecule has 3 aromatic carbocycles. The fourth-order valence-corrected chi connectivity index (χ4v) is 3.77. The zero-order valence-corrected chi connectivity index (χ0v) is 20.2. The van der Waals surface area contributed by atoms with Gasteiger partial charge in [-0.1, -0.05) is 29.3 Å². The molecule has 0 spiro atoms. The van der Waals surface area contributed by atoms with Gasteiger partial charge in [-0.2, -0.15) is 13.2 Å². The van der Waals surface area contributed by atoms with Crippen molar-refractivity contribution in [2.45, 2.75) is 6.18 Å². The number of benzene rings is 3. The Bertz CT molecular complexity index is 1440. The monoisotopic (exact) mass is 550 g/mol. The van der Waals surface area contributed by atoms with E-state index in [1.54, 1.807) is 18.2 Å². The number of carbonyl (C=O) groups is 3. The lowest BCUT2D eigenvalue weighted by atomic mass is 10.1. The summed E-state index contributed by atoms with van der Waals surface area (Å²) in [6.45, 7) is 0. The van der Waals surface area contributed by atoms with Crippen LogP contribution in [-0.4, -0.2) is 24.9 Å². The number of imide groups is 1. The summed E-state index contributed by atoms with van der Waals surface area (Å²) in [6.07, 6.45) is -4.72. The Morgan fingerprint density at radius 1 is 0.919 bits per heavy atom. The Hall–Kier alpha value is -4.02. The molecule has 0 saturated heterocycles. The van der Waals surface area contributed by atoms with Gasteiger partial charge in [-0.05, 0) is 54.6 Å². The molecule has 2 amide bonds. The van der Waals surface area contributed by atoms with Gasteiger partial charge in [0.25, 0.3) is 11.8 Å². The molecule has 37 heavy (non-hydrogen) atoms. The van der Waals surface area contributed by atoms with Gasteiger partial charge >= 0.3 is 12.1 Å². The number of ether oxygens (including phenoxy) is 2. The number of hydrogen-bond acceptors (Lipinski definition) is 6. The molecule has 1 aliphatic heterocycles. The van der Waals surface area contributed by atoms with E-state index in [1.165, 1.54) is 37.4 Å². The Labute approximate surface area is 218 Å². The minimum Gasteiger partial charge on any atom is -0.497 e. The molecule has 190 valence electrons. The summed E-state index contributed by atoms with van der Waals surface area (Å²) < 4.78 is 49.8. The predicted molar refractivity (Wildman–Crippen MR) is 130 cm³/mol. The molecule has 0 fully saturated rings. The van der Waals surface area contributed by atoms with Crippen LogP contribution in [0.5, 0.6) is 11.5 Å². The number of alkyl halides is 3. The highest BCUT2D eigenvalue weighted by molar-refractivity contribution is 6.53. The van der Waals surface area contributed by atoms with Crippen molar-refractivity contribution in [2.24, 2.45) is 0 Å². The standard InChI is InChI=1S/C25H15Cl2F3N2O5/c1-36-16-3-2-4-17(12-16)37-24(35)13-5-8-15(9-6-13)31-21-20(27)22(33)32(23(21)34)19-11-14(25(28,29)30)7-10-18(19)26/h2-12,31H,1H3. The quantitative estimate of drug-likeness (QED) is 0.229. The Morgan fingerprint density at radius 3 is 2.24 bits per heavy atom. The molecular formula is C25H15Cl2F3N2O5. The summed E-state index contributed by atoms with van der Waals surface area (Å²) in [4.78, 5) is 38.5. The summed E-state index contributed by atoms with van der Waals surface area (Å²) in [6, 6.07) is 14.4. The van der Waals surface area contributed by atoms with E-state index in [4.69, 9.17) is 32.7 Å².